The van der Waals surface area contributed by atoms with Crippen molar-refractivity contribution in [2.75, 3.05) is 31.7 Å². The van der Waals surface area contributed by atoms with Gasteiger partial charge in [0, 0.05) is 31.3 Å². The molecule has 0 saturated carbocycles. The number of anilines is 1. The molecule has 0 aliphatic carbocycles. The van der Waals surface area contributed by atoms with Crippen LogP contribution in [0.15, 0.2) is 24.3 Å². The van der Waals surface area contributed by atoms with E-state index in [9.17, 15) is 5.11 Å². The topological polar surface area (TPSA) is 32.7 Å². The predicted octanol–water partition coefficient (Wildman–Crippen LogP) is 2.54. The third kappa shape index (κ3) is 2.61. The smallest absolute Gasteiger partial charge is 0.119 e. The fraction of sp³-hybridized carbons (Fsp3) is 0.600. The van der Waals surface area contributed by atoms with Crippen LogP contribution in [0.4, 0.5) is 5.69 Å². The highest BCUT2D eigenvalue weighted by Gasteiger charge is 2.34. The molecular formula is C15H23NO2. The van der Waals surface area contributed by atoms with Crippen LogP contribution < -0.4 is 9.64 Å². The molecule has 1 heterocycles. The molecule has 0 spiro atoms. The molecular weight excluding hydrogens is 226 g/mol. The second-order valence-electron chi connectivity index (χ2n) is 5.76. The maximum atomic E-state index is 9.53. The van der Waals surface area contributed by atoms with Crippen molar-refractivity contribution in [3.05, 3.63) is 24.3 Å². The van der Waals surface area contributed by atoms with Gasteiger partial charge in [0.05, 0.1) is 7.11 Å². The molecule has 1 unspecified atom stereocenters. The van der Waals surface area contributed by atoms with Crippen molar-refractivity contribution in [1.29, 1.82) is 0 Å². The largest absolute Gasteiger partial charge is 0.497 e. The summed E-state index contributed by atoms with van der Waals surface area (Å²) in [5.74, 6) is 1.23. The minimum absolute atomic E-state index is 0.234. The SMILES string of the molecule is COc1ccc(N2CCC(C)(C)C(CO)C2)cc1. The number of methoxy groups -OCH3 is 1. The number of piperidine rings is 1. The summed E-state index contributed by atoms with van der Waals surface area (Å²) in [6.45, 7) is 6.74. The van der Waals surface area contributed by atoms with Crippen LogP contribution in [0.2, 0.25) is 0 Å². The van der Waals surface area contributed by atoms with E-state index in [0.29, 0.717) is 5.92 Å². The Bertz CT molecular complexity index is 386. The van der Waals surface area contributed by atoms with Gasteiger partial charge in [-0.05, 0) is 36.1 Å². The van der Waals surface area contributed by atoms with Crippen molar-refractivity contribution in [1.82, 2.24) is 0 Å². The van der Waals surface area contributed by atoms with Gasteiger partial charge in [-0.1, -0.05) is 13.8 Å². The maximum absolute atomic E-state index is 9.53. The number of benzene rings is 1. The summed E-state index contributed by atoms with van der Waals surface area (Å²) in [7, 11) is 1.68. The zero-order valence-corrected chi connectivity index (χ0v) is 11.5. The molecule has 1 fully saturated rings. The van der Waals surface area contributed by atoms with Crippen LogP contribution in [-0.4, -0.2) is 31.9 Å². The molecule has 1 atom stereocenters. The van der Waals surface area contributed by atoms with E-state index in [2.05, 4.69) is 30.9 Å². The van der Waals surface area contributed by atoms with E-state index in [1.165, 1.54) is 5.69 Å². The molecule has 0 amide bonds. The van der Waals surface area contributed by atoms with Crippen molar-refractivity contribution >= 4 is 5.69 Å². The average Bonchev–Trinajstić information content (AvgIpc) is 2.39. The zero-order valence-electron chi connectivity index (χ0n) is 11.5. The molecule has 3 heteroatoms. The van der Waals surface area contributed by atoms with E-state index in [0.717, 1.165) is 25.3 Å². The van der Waals surface area contributed by atoms with Crippen molar-refractivity contribution in [3.63, 3.8) is 0 Å². The Morgan fingerprint density at radius 1 is 1.33 bits per heavy atom. The van der Waals surface area contributed by atoms with Gasteiger partial charge in [0.15, 0.2) is 0 Å². The standard InChI is InChI=1S/C15H23NO2/c1-15(2)8-9-16(10-12(15)11-17)13-4-6-14(18-3)7-5-13/h4-7,12,17H,8-11H2,1-3H3. The second kappa shape index (κ2) is 5.19. The summed E-state index contributed by atoms with van der Waals surface area (Å²) in [5, 5.41) is 9.53. The lowest BCUT2D eigenvalue weighted by molar-refractivity contribution is 0.0967. The quantitative estimate of drug-likeness (QED) is 0.893. The monoisotopic (exact) mass is 249 g/mol. The molecule has 3 nitrogen and oxygen atoms in total. The Morgan fingerprint density at radius 2 is 2.00 bits per heavy atom. The molecule has 1 aromatic rings. The van der Waals surface area contributed by atoms with E-state index in [1.54, 1.807) is 7.11 Å². The first-order chi connectivity index (χ1) is 8.56. The van der Waals surface area contributed by atoms with Crippen molar-refractivity contribution in [3.8, 4) is 5.75 Å². The van der Waals surface area contributed by atoms with Gasteiger partial charge in [-0.3, -0.25) is 0 Å². The van der Waals surface area contributed by atoms with Crippen LogP contribution in [0.5, 0.6) is 5.75 Å². The molecule has 18 heavy (non-hydrogen) atoms. The van der Waals surface area contributed by atoms with Gasteiger partial charge in [0.25, 0.3) is 0 Å². The maximum Gasteiger partial charge on any atom is 0.119 e. The van der Waals surface area contributed by atoms with E-state index >= 15 is 0 Å². The summed E-state index contributed by atoms with van der Waals surface area (Å²) < 4.78 is 5.17. The van der Waals surface area contributed by atoms with Gasteiger partial charge in [0.2, 0.25) is 0 Å². The Balaban J connectivity index is 2.10. The number of aliphatic hydroxyl groups excluding tert-OH is 1. The van der Waals surface area contributed by atoms with Gasteiger partial charge in [-0.15, -0.1) is 0 Å². The van der Waals surface area contributed by atoms with Gasteiger partial charge < -0.3 is 14.7 Å². The van der Waals surface area contributed by atoms with E-state index in [-0.39, 0.29) is 12.0 Å². The number of rotatable bonds is 3. The lowest BCUT2D eigenvalue weighted by Gasteiger charge is -2.44. The van der Waals surface area contributed by atoms with E-state index in [1.807, 2.05) is 12.1 Å². The summed E-state index contributed by atoms with van der Waals surface area (Å²) in [5.41, 5.74) is 1.45. The number of ether oxygens (including phenoxy) is 1. The van der Waals surface area contributed by atoms with Crippen LogP contribution >= 0.6 is 0 Å². The van der Waals surface area contributed by atoms with Crippen LogP contribution in [0.1, 0.15) is 20.3 Å². The molecule has 1 aliphatic rings. The van der Waals surface area contributed by atoms with Crippen LogP contribution in [-0.2, 0) is 0 Å². The first kappa shape index (κ1) is 13.2. The third-order valence-corrected chi connectivity index (χ3v) is 4.23. The third-order valence-electron chi connectivity index (χ3n) is 4.23. The Morgan fingerprint density at radius 3 is 2.56 bits per heavy atom. The summed E-state index contributed by atoms with van der Waals surface area (Å²) in [6.07, 6.45) is 1.12. The molecule has 1 saturated heterocycles. The summed E-state index contributed by atoms with van der Waals surface area (Å²) >= 11 is 0. The van der Waals surface area contributed by atoms with E-state index in [4.69, 9.17) is 4.74 Å². The number of aliphatic hydroxyl groups is 1. The molecule has 1 aromatic carbocycles. The molecule has 1 aliphatic heterocycles. The van der Waals surface area contributed by atoms with Crippen LogP contribution in [0.25, 0.3) is 0 Å². The van der Waals surface area contributed by atoms with Crippen molar-refractivity contribution < 1.29 is 9.84 Å². The van der Waals surface area contributed by atoms with Crippen molar-refractivity contribution in [2.24, 2.45) is 11.3 Å². The highest BCUT2D eigenvalue weighted by Crippen LogP contribution is 2.37. The van der Waals surface area contributed by atoms with Gasteiger partial charge >= 0.3 is 0 Å². The molecule has 100 valence electrons. The van der Waals surface area contributed by atoms with Crippen LogP contribution in [0.3, 0.4) is 0 Å². The van der Waals surface area contributed by atoms with E-state index < -0.39 is 0 Å². The minimum atomic E-state index is 0.234. The lowest BCUT2D eigenvalue weighted by Crippen LogP contribution is -2.46. The first-order valence-corrected chi connectivity index (χ1v) is 6.56. The summed E-state index contributed by atoms with van der Waals surface area (Å²) in [4.78, 5) is 2.35. The molecule has 2 rings (SSSR count). The molecule has 1 N–H and O–H groups in total. The normalized spacial score (nSPS) is 22.9. The predicted molar refractivity (Wildman–Crippen MR) is 74.2 cm³/mol. The fourth-order valence-electron chi connectivity index (χ4n) is 2.56. The van der Waals surface area contributed by atoms with Crippen LogP contribution in [0, 0.1) is 11.3 Å². The highest BCUT2D eigenvalue weighted by molar-refractivity contribution is 5.49. The highest BCUT2D eigenvalue weighted by atomic mass is 16.5. The molecule has 0 radical (unpaired) electrons. The Kier molecular flexibility index (Phi) is 3.81. The average molecular weight is 249 g/mol. The molecule has 0 bridgehead atoms. The molecule has 0 aromatic heterocycles. The zero-order chi connectivity index (χ0) is 13.2. The fourth-order valence-corrected chi connectivity index (χ4v) is 2.56. The summed E-state index contributed by atoms with van der Waals surface area (Å²) in [6, 6.07) is 8.16. The number of hydrogen-bond donors (Lipinski definition) is 1. The second-order valence-corrected chi connectivity index (χ2v) is 5.76. The Labute approximate surface area is 109 Å². The van der Waals surface area contributed by atoms with Gasteiger partial charge in [-0.2, -0.15) is 0 Å². The minimum Gasteiger partial charge on any atom is -0.497 e. The van der Waals surface area contributed by atoms with Crippen molar-refractivity contribution in [2.45, 2.75) is 20.3 Å². The van der Waals surface area contributed by atoms with Gasteiger partial charge in [-0.25, -0.2) is 0 Å². The number of hydrogen-bond acceptors (Lipinski definition) is 3. The Hall–Kier alpha value is -1.22. The number of nitrogens with zero attached hydrogens (tertiary/aromatic N) is 1. The first-order valence-electron chi connectivity index (χ1n) is 6.56. The van der Waals surface area contributed by atoms with Gasteiger partial charge in [0.1, 0.15) is 5.75 Å². The lowest BCUT2D eigenvalue weighted by atomic mass is 9.73.